The average molecular weight is 559 g/mol. The van der Waals surface area contributed by atoms with Gasteiger partial charge in [0.15, 0.2) is 0 Å². The Balaban J connectivity index is 0.00000308. The fourth-order valence-electron chi connectivity index (χ4n) is 5.61. The van der Waals surface area contributed by atoms with Gasteiger partial charge in [0, 0.05) is 44.1 Å². The predicted molar refractivity (Wildman–Crippen MR) is 159 cm³/mol. The molecule has 2 aliphatic heterocycles. The van der Waals surface area contributed by atoms with E-state index in [0.29, 0.717) is 0 Å². The van der Waals surface area contributed by atoms with Gasteiger partial charge >= 0.3 is 0 Å². The van der Waals surface area contributed by atoms with Crippen LogP contribution in [0.15, 0.2) is 54.6 Å². The van der Waals surface area contributed by atoms with Crippen LogP contribution in [0.4, 0.5) is 0 Å². The van der Waals surface area contributed by atoms with Gasteiger partial charge in [-0.3, -0.25) is 0 Å². The third-order valence-electron chi connectivity index (χ3n) is 7.68. The number of aryl methyl sites for hydroxylation is 2. The molecule has 5 nitrogen and oxygen atoms in total. The molecular formula is C33H32N4NiO. The van der Waals surface area contributed by atoms with Gasteiger partial charge in [-0.1, -0.05) is 26.0 Å². The molecule has 39 heavy (non-hydrogen) atoms. The number of aromatic nitrogens is 4. The summed E-state index contributed by atoms with van der Waals surface area (Å²) in [5, 5.41) is 0. The second-order valence-electron chi connectivity index (χ2n) is 9.87. The van der Waals surface area contributed by atoms with Crippen molar-refractivity contribution in [2.45, 2.75) is 40.5 Å². The number of fused-ring (bicyclic) bond motifs is 8. The van der Waals surface area contributed by atoms with E-state index in [2.05, 4.69) is 92.3 Å². The van der Waals surface area contributed by atoms with Crippen LogP contribution in [-0.4, -0.2) is 27.0 Å². The number of nitrogens with zero attached hydrogens (tertiary/aromatic N) is 2. The number of ether oxygens (including phenoxy) is 1. The summed E-state index contributed by atoms with van der Waals surface area (Å²) in [5.74, 6) is 0.828. The summed E-state index contributed by atoms with van der Waals surface area (Å²) in [7, 11) is 1.69. The quantitative estimate of drug-likeness (QED) is 0.218. The second-order valence-corrected chi connectivity index (χ2v) is 9.87. The molecule has 4 aromatic rings. The molecule has 2 aliphatic rings. The van der Waals surface area contributed by atoms with Crippen molar-refractivity contribution in [2.75, 3.05) is 7.11 Å². The molecule has 3 aromatic heterocycles. The van der Waals surface area contributed by atoms with Gasteiger partial charge in [-0.15, -0.1) is 0 Å². The number of methoxy groups -OCH3 is 1. The van der Waals surface area contributed by atoms with E-state index in [-0.39, 0.29) is 16.5 Å². The normalized spacial score (nSPS) is 12.5. The van der Waals surface area contributed by atoms with Gasteiger partial charge in [0.25, 0.3) is 0 Å². The summed E-state index contributed by atoms with van der Waals surface area (Å²) in [4.78, 5) is 17.5. The third-order valence-corrected chi connectivity index (χ3v) is 7.68. The van der Waals surface area contributed by atoms with Crippen LogP contribution in [0.5, 0.6) is 5.75 Å². The van der Waals surface area contributed by atoms with Gasteiger partial charge in [-0.2, -0.15) is 0 Å². The maximum atomic E-state index is 5.40. The number of H-pyrrole nitrogens is 2. The largest absolute Gasteiger partial charge is 0.497 e. The third kappa shape index (κ3) is 4.74. The molecule has 0 fully saturated rings. The number of hydrogen-bond donors (Lipinski definition) is 2. The van der Waals surface area contributed by atoms with E-state index in [1.807, 2.05) is 12.1 Å². The van der Waals surface area contributed by atoms with Crippen LogP contribution in [0, 0.1) is 6.92 Å². The van der Waals surface area contributed by atoms with Gasteiger partial charge in [0.2, 0.25) is 0 Å². The van der Waals surface area contributed by atoms with Crippen molar-refractivity contribution in [1.29, 1.82) is 0 Å². The molecule has 0 saturated heterocycles. The smallest absolute Gasteiger partial charge is 0.118 e. The first-order chi connectivity index (χ1) is 18.5. The Morgan fingerprint density at radius 1 is 0.769 bits per heavy atom. The van der Waals surface area contributed by atoms with Crippen molar-refractivity contribution in [3.63, 3.8) is 0 Å². The average Bonchev–Trinajstić information content (AvgIpc) is 3.69. The first kappa shape index (κ1) is 26.7. The van der Waals surface area contributed by atoms with Crippen molar-refractivity contribution < 1.29 is 21.2 Å². The predicted octanol–water partition coefficient (Wildman–Crippen LogP) is 8.37. The molecule has 0 radical (unpaired) electrons. The second kappa shape index (κ2) is 10.7. The van der Waals surface area contributed by atoms with E-state index in [1.165, 1.54) is 22.3 Å². The van der Waals surface area contributed by atoms with Gasteiger partial charge in [-0.25, -0.2) is 9.97 Å². The molecule has 0 atom stereocenters. The van der Waals surface area contributed by atoms with Crippen LogP contribution in [-0.2, 0) is 22.9 Å². The van der Waals surface area contributed by atoms with Crippen molar-refractivity contribution in [1.82, 2.24) is 19.9 Å². The number of aromatic amines is 2. The van der Waals surface area contributed by atoms with Crippen molar-refractivity contribution in [2.24, 2.45) is 0 Å². The van der Waals surface area contributed by atoms with Crippen LogP contribution in [0.3, 0.4) is 0 Å². The number of rotatable bonds is 4. The molecule has 0 amide bonds. The van der Waals surface area contributed by atoms with E-state index in [0.717, 1.165) is 74.6 Å². The van der Waals surface area contributed by atoms with Crippen LogP contribution in [0.2, 0.25) is 0 Å². The van der Waals surface area contributed by atoms with Crippen molar-refractivity contribution in [3.8, 4) is 16.9 Å². The first-order valence-electron chi connectivity index (χ1n) is 13.3. The fourth-order valence-corrected chi connectivity index (χ4v) is 5.61. The topological polar surface area (TPSA) is 66.6 Å². The van der Waals surface area contributed by atoms with E-state index >= 15 is 0 Å². The summed E-state index contributed by atoms with van der Waals surface area (Å²) in [5.41, 5.74) is 15.3. The summed E-state index contributed by atoms with van der Waals surface area (Å²) < 4.78 is 5.40. The Hall–Kier alpha value is -3.89. The summed E-state index contributed by atoms with van der Waals surface area (Å²) >= 11 is 0. The van der Waals surface area contributed by atoms with Crippen LogP contribution < -0.4 is 4.74 Å². The Kier molecular flexibility index (Phi) is 7.33. The van der Waals surface area contributed by atoms with Crippen molar-refractivity contribution in [3.05, 3.63) is 88.5 Å². The number of nitrogens with one attached hydrogen (secondary N) is 2. The SMILES string of the molecule is CCC1=C(C)c2cc3nc(c(-c4ccc(OC)cc4)c4ccc(cc5[nH]c(cc1n2)c(CC)c5C)[nH]4)C=C3.[Ni]. The van der Waals surface area contributed by atoms with Gasteiger partial charge in [0.1, 0.15) is 5.75 Å². The zero-order valence-corrected chi connectivity index (χ0v) is 23.9. The molecule has 1 aromatic carbocycles. The molecular weight excluding hydrogens is 527 g/mol. The maximum absolute atomic E-state index is 5.40. The minimum atomic E-state index is 0. The van der Waals surface area contributed by atoms with Crippen LogP contribution in [0.25, 0.3) is 56.5 Å². The molecule has 5 heterocycles. The van der Waals surface area contributed by atoms with Crippen LogP contribution >= 0.6 is 0 Å². The Morgan fingerprint density at radius 2 is 1.56 bits per heavy atom. The Labute approximate surface area is 239 Å². The molecule has 200 valence electrons. The summed E-state index contributed by atoms with van der Waals surface area (Å²) in [6, 6.07) is 18.9. The standard InChI is InChI=1S/C33H32N4O.Ni/c1-6-25-19(3)29-16-22-10-14-27(34-22)33(21-8-12-24(38-5)13-9-21)28-15-11-23(35-28)17-30-20(4)26(7-2)32(37-30)18-31(25)36-29;/h8-18,34,36H,6-7H2,1-5H3;. The Morgan fingerprint density at radius 3 is 2.28 bits per heavy atom. The first-order valence-corrected chi connectivity index (χ1v) is 13.3. The molecule has 0 saturated carbocycles. The van der Waals surface area contributed by atoms with Gasteiger partial charge in [-0.05, 0) is 109 Å². The van der Waals surface area contributed by atoms with E-state index in [4.69, 9.17) is 14.7 Å². The maximum Gasteiger partial charge on any atom is 0.118 e. The summed E-state index contributed by atoms with van der Waals surface area (Å²) in [6.07, 6.45) is 6.05. The molecule has 0 aliphatic carbocycles. The molecule has 2 N–H and O–H groups in total. The fraction of sp³-hybridized carbons (Fsp3) is 0.212. The molecule has 0 spiro atoms. The minimum Gasteiger partial charge on any atom is -0.497 e. The monoisotopic (exact) mass is 558 g/mol. The van der Waals surface area contributed by atoms with E-state index in [1.54, 1.807) is 7.11 Å². The van der Waals surface area contributed by atoms with Gasteiger partial charge < -0.3 is 14.7 Å². The zero-order chi connectivity index (χ0) is 26.4. The number of benzene rings is 1. The van der Waals surface area contributed by atoms with Gasteiger partial charge in [0.05, 0.1) is 29.9 Å². The Bertz CT molecular complexity index is 1790. The molecule has 6 rings (SSSR count). The molecule has 0 unspecified atom stereocenters. The molecule has 6 heteroatoms. The number of allylic oxidation sites excluding steroid dienone is 2. The zero-order valence-electron chi connectivity index (χ0n) is 22.9. The number of hydrogen-bond acceptors (Lipinski definition) is 3. The molecule has 8 bridgehead atoms. The van der Waals surface area contributed by atoms with Crippen LogP contribution in [0.1, 0.15) is 61.1 Å². The van der Waals surface area contributed by atoms with E-state index in [9.17, 15) is 0 Å². The minimum absolute atomic E-state index is 0. The summed E-state index contributed by atoms with van der Waals surface area (Å²) in [6.45, 7) is 8.78. The van der Waals surface area contributed by atoms with Crippen molar-refractivity contribution >= 4 is 45.4 Å². The van der Waals surface area contributed by atoms with E-state index < -0.39 is 0 Å².